The quantitative estimate of drug-likeness (QED) is 0.674. The van der Waals surface area contributed by atoms with Crippen LogP contribution in [0.2, 0.25) is 0 Å². The van der Waals surface area contributed by atoms with Gasteiger partial charge in [-0.05, 0) is 49.4 Å². The van der Waals surface area contributed by atoms with Gasteiger partial charge in [0.1, 0.15) is 11.5 Å². The highest BCUT2D eigenvalue weighted by molar-refractivity contribution is 5.69. The number of fused-ring (bicyclic) bond motifs is 2. The molecule has 28 heavy (non-hydrogen) atoms. The maximum atomic E-state index is 11.3. The fourth-order valence-corrected chi connectivity index (χ4v) is 4.19. The molecule has 0 amide bonds. The van der Waals surface area contributed by atoms with Crippen LogP contribution in [0.25, 0.3) is 0 Å². The molecule has 2 aliphatic heterocycles. The number of esters is 1. The molecular formula is C23H28N2O3. The Balaban J connectivity index is 1.46. The zero-order chi connectivity index (χ0) is 19.5. The minimum Gasteiger partial charge on any atom is -0.469 e. The van der Waals surface area contributed by atoms with Crippen LogP contribution in [-0.4, -0.2) is 39.3 Å². The van der Waals surface area contributed by atoms with Crippen LogP contribution >= 0.6 is 0 Å². The van der Waals surface area contributed by atoms with E-state index in [1.165, 1.54) is 29.6 Å². The summed E-state index contributed by atoms with van der Waals surface area (Å²) in [6, 6.07) is 12.8. The summed E-state index contributed by atoms with van der Waals surface area (Å²) < 4.78 is 10.9. The zero-order valence-electron chi connectivity index (χ0n) is 16.7. The molecule has 0 radical (unpaired) electrons. The molecule has 0 saturated heterocycles. The van der Waals surface area contributed by atoms with Crippen LogP contribution in [-0.2, 0) is 22.4 Å². The van der Waals surface area contributed by atoms with Gasteiger partial charge in [0.05, 0.1) is 7.11 Å². The fourth-order valence-electron chi connectivity index (χ4n) is 4.19. The molecule has 4 rings (SSSR count). The first-order valence-electron chi connectivity index (χ1n) is 10.2. The number of hydrogen-bond acceptors (Lipinski definition) is 5. The van der Waals surface area contributed by atoms with Crippen LogP contribution in [0.3, 0.4) is 0 Å². The first-order chi connectivity index (χ1) is 13.7. The molecular weight excluding hydrogens is 352 g/mol. The van der Waals surface area contributed by atoms with Gasteiger partial charge in [0, 0.05) is 56.1 Å². The molecule has 0 bridgehead atoms. The maximum Gasteiger partial charge on any atom is 0.305 e. The minimum absolute atomic E-state index is 0.144. The highest BCUT2D eigenvalue weighted by Crippen LogP contribution is 2.36. The van der Waals surface area contributed by atoms with Crippen molar-refractivity contribution < 1.29 is 14.3 Å². The third-order valence-electron chi connectivity index (χ3n) is 5.75. The Morgan fingerprint density at radius 2 is 1.57 bits per heavy atom. The van der Waals surface area contributed by atoms with Gasteiger partial charge in [0.25, 0.3) is 0 Å². The Morgan fingerprint density at radius 3 is 2.18 bits per heavy atom. The van der Waals surface area contributed by atoms with E-state index < -0.39 is 0 Å². The van der Waals surface area contributed by atoms with Gasteiger partial charge in [-0.15, -0.1) is 0 Å². The number of likely N-dealkylation sites (N-methyl/N-ethyl adjacent to an activating group) is 1. The molecule has 0 aliphatic carbocycles. The number of ether oxygens (including phenoxy) is 2. The highest BCUT2D eigenvalue weighted by atomic mass is 16.5. The number of methoxy groups -OCH3 is 1. The third kappa shape index (κ3) is 3.79. The van der Waals surface area contributed by atoms with Crippen molar-refractivity contribution >= 4 is 17.3 Å². The predicted molar refractivity (Wildman–Crippen MR) is 112 cm³/mol. The number of carbonyl (C=O) groups is 1. The molecule has 0 unspecified atom stereocenters. The number of rotatable bonds is 7. The largest absolute Gasteiger partial charge is 0.469 e. The molecule has 0 fully saturated rings. The lowest BCUT2D eigenvalue weighted by Gasteiger charge is -2.20. The van der Waals surface area contributed by atoms with E-state index >= 15 is 0 Å². The van der Waals surface area contributed by atoms with Gasteiger partial charge in [0.2, 0.25) is 0 Å². The Morgan fingerprint density at radius 1 is 0.964 bits per heavy atom. The number of anilines is 2. The summed E-state index contributed by atoms with van der Waals surface area (Å²) in [5, 5.41) is 0. The number of benzene rings is 2. The normalized spacial score (nSPS) is 14.8. The average molecular weight is 380 g/mol. The molecule has 0 saturated carbocycles. The van der Waals surface area contributed by atoms with Gasteiger partial charge in [0.15, 0.2) is 0 Å². The minimum atomic E-state index is -0.144. The van der Waals surface area contributed by atoms with Gasteiger partial charge < -0.3 is 19.3 Å². The van der Waals surface area contributed by atoms with E-state index in [1.54, 1.807) is 0 Å². The van der Waals surface area contributed by atoms with Crippen LogP contribution in [0, 0.1) is 0 Å². The molecule has 0 spiro atoms. The smallest absolute Gasteiger partial charge is 0.305 e. The average Bonchev–Trinajstić information content (AvgIpc) is 3.31. The monoisotopic (exact) mass is 380 g/mol. The van der Waals surface area contributed by atoms with E-state index in [4.69, 9.17) is 9.47 Å². The molecule has 2 heterocycles. The van der Waals surface area contributed by atoms with Crippen LogP contribution in [0.5, 0.6) is 11.5 Å². The van der Waals surface area contributed by atoms with Crippen molar-refractivity contribution in [3.05, 3.63) is 47.5 Å². The third-order valence-corrected chi connectivity index (χ3v) is 5.75. The van der Waals surface area contributed by atoms with Crippen molar-refractivity contribution in [2.45, 2.75) is 32.6 Å². The topological polar surface area (TPSA) is 42.0 Å². The Hall–Kier alpha value is -2.69. The van der Waals surface area contributed by atoms with Crippen molar-refractivity contribution in [2.24, 2.45) is 0 Å². The molecule has 0 aromatic heterocycles. The van der Waals surface area contributed by atoms with Crippen molar-refractivity contribution in [3.8, 4) is 11.5 Å². The lowest BCUT2D eigenvalue weighted by molar-refractivity contribution is -0.140. The SMILES string of the molecule is CCN1CCc2ccc(Oc3ccc4c(c3)N(CCCC(=O)OC)CC4)cc21. The molecule has 148 valence electrons. The molecule has 2 aromatic carbocycles. The summed E-state index contributed by atoms with van der Waals surface area (Å²) in [6.45, 7) is 6.16. The highest BCUT2D eigenvalue weighted by Gasteiger charge is 2.21. The van der Waals surface area contributed by atoms with Gasteiger partial charge in [-0.3, -0.25) is 4.79 Å². The lowest BCUT2D eigenvalue weighted by atomic mass is 10.1. The summed E-state index contributed by atoms with van der Waals surface area (Å²) in [5.74, 6) is 1.60. The summed E-state index contributed by atoms with van der Waals surface area (Å²) in [4.78, 5) is 16.1. The van der Waals surface area contributed by atoms with Crippen molar-refractivity contribution in [1.82, 2.24) is 0 Å². The first-order valence-corrected chi connectivity index (χ1v) is 10.2. The standard InChI is InChI=1S/C23H28N2O3/c1-3-24-13-10-17-6-8-19(15-21(17)24)28-20-9-7-18-11-14-25(22(18)16-20)12-4-5-23(26)27-2/h6-9,15-16H,3-5,10-14H2,1-2H3. The fraction of sp³-hybridized carbons (Fsp3) is 0.435. The zero-order valence-corrected chi connectivity index (χ0v) is 16.7. The Kier molecular flexibility index (Phi) is 5.42. The second kappa shape index (κ2) is 8.13. The van der Waals surface area contributed by atoms with E-state index in [0.29, 0.717) is 6.42 Å². The van der Waals surface area contributed by atoms with E-state index in [2.05, 4.69) is 53.1 Å². The predicted octanol–water partition coefficient (Wildman–Crippen LogP) is 4.18. The summed E-state index contributed by atoms with van der Waals surface area (Å²) in [6.07, 6.45) is 3.41. The Bertz CT molecular complexity index is 865. The maximum absolute atomic E-state index is 11.3. The van der Waals surface area contributed by atoms with E-state index in [1.807, 2.05) is 0 Å². The van der Waals surface area contributed by atoms with Gasteiger partial charge in [-0.2, -0.15) is 0 Å². The van der Waals surface area contributed by atoms with Crippen molar-refractivity contribution in [2.75, 3.05) is 43.1 Å². The molecule has 5 nitrogen and oxygen atoms in total. The lowest BCUT2D eigenvalue weighted by Crippen LogP contribution is -2.22. The van der Waals surface area contributed by atoms with Crippen LogP contribution in [0.4, 0.5) is 11.4 Å². The molecule has 0 N–H and O–H groups in total. The summed E-state index contributed by atoms with van der Waals surface area (Å²) in [7, 11) is 1.44. The number of nitrogens with zero attached hydrogens (tertiary/aromatic N) is 2. The van der Waals surface area contributed by atoms with E-state index in [-0.39, 0.29) is 5.97 Å². The van der Waals surface area contributed by atoms with Crippen LogP contribution in [0.1, 0.15) is 30.9 Å². The molecule has 5 heteroatoms. The van der Waals surface area contributed by atoms with Crippen molar-refractivity contribution in [3.63, 3.8) is 0 Å². The Labute approximate surface area is 166 Å². The molecule has 0 atom stereocenters. The van der Waals surface area contributed by atoms with E-state index in [9.17, 15) is 4.79 Å². The number of hydrogen-bond donors (Lipinski definition) is 0. The van der Waals surface area contributed by atoms with Gasteiger partial charge >= 0.3 is 5.97 Å². The van der Waals surface area contributed by atoms with Crippen LogP contribution in [0.15, 0.2) is 36.4 Å². The second-order valence-corrected chi connectivity index (χ2v) is 7.43. The van der Waals surface area contributed by atoms with Crippen molar-refractivity contribution in [1.29, 1.82) is 0 Å². The van der Waals surface area contributed by atoms with Gasteiger partial charge in [-0.25, -0.2) is 0 Å². The summed E-state index contributed by atoms with van der Waals surface area (Å²) in [5.41, 5.74) is 5.26. The van der Waals surface area contributed by atoms with Gasteiger partial charge in [-0.1, -0.05) is 12.1 Å². The van der Waals surface area contributed by atoms with Crippen LogP contribution < -0.4 is 14.5 Å². The second-order valence-electron chi connectivity index (χ2n) is 7.43. The summed E-state index contributed by atoms with van der Waals surface area (Å²) >= 11 is 0. The number of carbonyl (C=O) groups excluding carboxylic acids is 1. The first kappa shape index (κ1) is 18.7. The van der Waals surface area contributed by atoms with E-state index in [0.717, 1.165) is 56.9 Å². The molecule has 2 aliphatic rings. The molecule has 2 aromatic rings.